The van der Waals surface area contributed by atoms with E-state index in [1.54, 1.807) is 0 Å². The van der Waals surface area contributed by atoms with E-state index in [4.69, 9.17) is 15.2 Å². The Balaban J connectivity index is 0.000000191. The summed E-state index contributed by atoms with van der Waals surface area (Å²) in [5.41, 5.74) is 9.16. The van der Waals surface area contributed by atoms with Crippen LogP contribution in [0.3, 0.4) is 0 Å². The Kier molecular flexibility index (Phi) is 10.5. The van der Waals surface area contributed by atoms with Crippen molar-refractivity contribution in [2.45, 2.75) is 52.4 Å². The molecule has 0 bridgehead atoms. The van der Waals surface area contributed by atoms with Crippen LogP contribution in [0, 0.1) is 17.3 Å². The average molecular weight is 468 g/mol. The van der Waals surface area contributed by atoms with E-state index in [0.717, 1.165) is 58.3 Å². The second-order valence-corrected chi connectivity index (χ2v) is 10.3. The topological polar surface area (TPSA) is 68.5 Å². The third kappa shape index (κ3) is 8.79. The van der Waals surface area contributed by atoms with Gasteiger partial charge in [-0.2, -0.15) is 0 Å². The molecule has 0 spiro atoms. The first-order chi connectivity index (χ1) is 16.5. The highest BCUT2D eigenvalue weighted by molar-refractivity contribution is 5.14. The van der Waals surface area contributed by atoms with Gasteiger partial charge in [0.1, 0.15) is 0 Å². The van der Waals surface area contributed by atoms with Crippen LogP contribution in [0.1, 0.15) is 44.7 Å². The molecule has 0 amide bonds. The second kappa shape index (κ2) is 13.4. The number of ether oxygens (including phenoxy) is 2. The van der Waals surface area contributed by atoms with Gasteiger partial charge in [-0.05, 0) is 48.4 Å². The van der Waals surface area contributed by atoms with Crippen LogP contribution < -0.4 is 16.4 Å². The Hall–Kier alpha value is -1.76. The van der Waals surface area contributed by atoms with Crippen LogP contribution in [0.2, 0.25) is 0 Å². The molecule has 0 radical (unpaired) electrons. The maximum atomic E-state index is 6.21. The van der Waals surface area contributed by atoms with E-state index >= 15 is 0 Å². The van der Waals surface area contributed by atoms with Gasteiger partial charge in [-0.3, -0.25) is 0 Å². The lowest BCUT2D eigenvalue weighted by Crippen LogP contribution is -2.38. The lowest BCUT2D eigenvalue weighted by atomic mass is 10.1. The van der Waals surface area contributed by atoms with Crippen molar-refractivity contribution in [2.24, 2.45) is 23.0 Å². The van der Waals surface area contributed by atoms with E-state index < -0.39 is 0 Å². The van der Waals surface area contributed by atoms with E-state index in [2.05, 4.69) is 67.8 Å². The van der Waals surface area contributed by atoms with Gasteiger partial charge in [-0.15, -0.1) is 0 Å². The molecule has 2 aromatic rings. The summed E-state index contributed by atoms with van der Waals surface area (Å²) in [7, 11) is 0. The molecular weight excluding hydrogens is 422 g/mol. The fourth-order valence-electron chi connectivity index (χ4n) is 4.38. The Morgan fingerprint density at radius 2 is 1.26 bits per heavy atom. The smallest absolute Gasteiger partial charge is 0.0717 e. The molecule has 188 valence electrons. The number of hydrogen-bond acceptors (Lipinski definition) is 5. The molecular formula is C29H45N3O2. The Labute approximate surface area is 206 Å². The monoisotopic (exact) mass is 467 g/mol. The van der Waals surface area contributed by atoms with Crippen molar-refractivity contribution >= 4 is 0 Å². The van der Waals surface area contributed by atoms with Crippen molar-refractivity contribution in [1.29, 1.82) is 0 Å². The predicted octanol–water partition coefficient (Wildman–Crippen LogP) is 4.37. The molecule has 4 rings (SSSR count). The molecule has 2 aliphatic carbocycles. The minimum absolute atomic E-state index is 0.0211. The Bertz CT molecular complexity index is 749. The van der Waals surface area contributed by atoms with Crippen molar-refractivity contribution in [3.63, 3.8) is 0 Å². The summed E-state index contributed by atoms with van der Waals surface area (Å²) < 4.78 is 11.5. The molecule has 5 nitrogen and oxygen atoms in total. The summed E-state index contributed by atoms with van der Waals surface area (Å²) in [4.78, 5) is 0. The van der Waals surface area contributed by atoms with Crippen molar-refractivity contribution in [3.05, 3.63) is 71.8 Å². The maximum Gasteiger partial charge on any atom is 0.0717 e. The van der Waals surface area contributed by atoms with Crippen molar-refractivity contribution in [3.8, 4) is 0 Å². The molecule has 0 aromatic heterocycles. The molecule has 5 heteroatoms. The molecule has 0 heterocycles. The lowest BCUT2D eigenvalue weighted by Gasteiger charge is -2.12. The van der Waals surface area contributed by atoms with Gasteiger partial charge in [0.25, 0.3) is 0 Å². The number of benzene rings is 2. The van der Waals surface area contributed by atoms with E-state index in [-0.39, 0.29) is 5.54 Å². The number of hydrogen-bond donors (Lipinski definition) is 3. The number of likely N-dealkylation sites (N-methyl/N-ethyl adjacent to an activating group) is 1. The zero-order chi connectivity index (χ0) is 24.3. The minimum atomic E-state index is -0.0211. The first-order valence-electron chi connectivity index (χ1n) is 12.9. The highest BCUT2D eigenvalue weighted by atomic mass is 16.5. The summed E-state index contributed by atoms with van der Waals surface area (Å²) in [6.45, 7) is 13.8. The quantitative estimate of drug-likeness (QED) is 0.385. The van der Waals surface area contributed by atoms with Crippen molar-refractivity contribution in [1.82, 2.24) is 10.6 Å². The summed E-state index contributed by atoms with van der Waals surface area (Å²) in [6, 6.07) is 20.7. The lowest BCUT2D eigenvalue weighted by molar-refractivity contribution is 0.102. The fraction of sp³-hybridized carbons (Fsp3) is 0.586. The first-order valence-corrected chi connectivity index (χ1v) is 12.9. The van der Waals surface area contributed by atoms with E-state index in [1.807, 2.05) is 24.3 Å². The molecule has 2 aromatic carbocycles. The molecule has 4 atom stereocenters. The standard InChI is InChI=1S/C15H23NO.C14H22N2O/c1-3-16-12-15(2)9-14(15)11-17-10-13-7-5-4-6-8-13;1-2-16-11-14(15)8-13(14)10-17-9-12-6-4-3-5-7-12/h4-8,14,16H,3,9-12H2,1-2H3;3-7,13,16H,2,8-11,15H2,1H3/t14-,15+;13-,14-/m11/s1. The van der Waals surface area contributed by atoms with E-state index in [1.165, 1.54) is 17.5 Å². The van der Waals surface area contributed by atoms with Crippen LogP contribution in [0.25, 0.3) is 0 Å². The molecule has 0 saturated heterocycles. The molecule has 0 aliphatic heterocycles. The summed E-state index contributed by atoms with van der Waals surface area (Å²) in [5, 5.41) is 6.74. The van der Waals surface area contributed by atoms with Gasteiger partial charge in [0.2, 0.25) is 0 Å². The number of nitrogens with two attached hydrogens (primary N) is 1. The predicted molar refractivity (Wildman–Crippen MR) is 141 cm³/mol. The van der Waals surface area contributed by atoms with Crippen molar-refractivity contribution < 1.29 is 9.47 Å². The zero-order valence-electron chi connectivity index (χ0n) is 21.4. The zero-order valence-corrected chi connectivity index (χ0v) is 21.4. The summed E-state index contributed by atoms with van der Waals surface area (Å²) >= 11 is 0. The molecule has 2 fully saturated rings. The minimum Gasteiger partial charge on any atom is -0.376 e. The van der Waals surface area contributed by atoms with Crippen LogP contribution in [0.5, 0.6) is 0 Å². The third-order valence-electron chi connectivity index (χ3n) is 7.16. The van der Waals surface area contributed by atoms with Crippen LogP contribution >= 0.6 is 0 Å². The van der Waals surface area contributed by atoms with Gasteiger partial charge in [0.15, 0.2) is 0 Å². The highest BCUT2D eigenvalue weighted by Crippen LogP contribution is 2.51. The number of rotatable bonds is 14. The Morgan fingerprint density at radius 1 is 0.765 bits per heavy atom. The first kappa shape index (κ1) is 26.8. The summed E-state index contributed by atoms with van der Waals surface area (Å²) in [6.07, 6.45) is 2.38. The van der Waals surface area contributed by atoms with Gasteiger partial charge >= 0.3 is 0 Å². The van der Waals surface area contributed by atoms with Gasteiger partial charge < -0.3 is 25.8 Å². The highest BCUT2D eigenvalue weighted by Gasteiger charge is 2.50. The fourth-order valence-corrected chi connectivity index (χ4v) is 4.38. The molecule has 2 aliphatic rings. The normalized spacial score (nSPS) is 27.1. The molecule has 2 saturated carbocycles. The third-order valence-corrected chi connectivity index (χ3v) is 7.16. The molecule has 0 unspecified atom stereocenters. The average Bonchev–Trinajstić information content (AvgIpc) is 3.72. The molecule has 34 heavy (non-hydrogen) atoms. The van der Waals surface area contributed by atoms with Crippen molar-refractivity contribution in [2.75, 3.05) is 39.4 Å². The van der Waals surface area contributed by atoms with E-state index in [0.29, 0.717) is 17.9 Å². The van der Waals surface area contributed by atoms with Gasteiger partial charge in [-0.1, -0.05) is 81.4 Å². The Morgan fingerprint density at radius 3 is 1.79 bits per heavy atom. The SMILES string of the molecule is CCNC[C@]1(C)C[C@@H]1COCc1ccccc1.CCNC[C@]1(N)C[C@@H]1COCc1ccccc1. The van der Waals surface area contributed by atoms with Crippen LogP contribution in [-0.4, -0.2) is 44.9 Å². The number of nitrogens with one attached hydrogen (secondary N) is 2. The van der Waals surface area contributed by atoms with Gasteiger partial charge in [-0.25, -0.2) is 0 Å². The van der Waals surface area contributed by atoms with Gasteiger partial charge in [0.05, 0.1) is 26.4 Å². The van der Waals surface area contributed by atoms with Crippen LogP contribution in [0.15, 0.2) is 60.7 Å². The largest absolute Gasteiger partial charge is 0.376 e. The second-order valence-electron chi connectivity index (χ2n) is 10.3. The maximum absolute atomic E-state index is 6.21. The van der Waals surface area contributed by atoms with Crippen LogP contribution in [-0.2, 0) is 22.7 Å². The van der Waals surface area contributed by atoms with Crippen LogP contribution in [0.4, 0.5) is 0 Å². The summed E-state index contributed by atoms with van der Waals surface area (Å²) in [5.74, 6) is 1.26. The molecule has 4 N–H and O–H groups in total. The van der Waals surface area contributed by atoms with Gasteiger partial charge in [0, 0.05) is 24.5 Å². The van der Waals surface area contributed by atoms with E-state index in [9.17, 15) is 0 Å².